The second-order valence-corrected chi connectivity index (χ2v) is 9.94. The van der Waals surface area contributed by atoms with Crippen LogP contribution in [0.25, 0.3) is 0 Å². The molecule has 200 valence electrons. The van der Waals surface area contributed by atoms with Crippen LogP contribution in [0.4, 0.5) is 0 Å². The van der Waals surface area contributed by atoms with Gasteiger partial charge in [-0.1, -0.05) is 96.6 Å². The fourth-order valence-corrected chi connectivity index (χ4v) is 4.29. The third kappa shape index (κ3) is 25.3. The molecule has 0 aliphatic heterocycles. The Morgan fingerprint density at radius 1 is 0.618 bits per heavy atom. The van der Waals surface area contributed by atoms with Gasteiger partial charge in [0.1, 0.15) is 6.10 Å². The molecule has 0 radical (unpaired) electrons. The highest BCUT2D eigenvalue weighted by Crippen LogP contribution is 2.18. The molecule has 0 aromatic heterocycles. The third-order valence-electron chi connectivity index (χ3n) is 6.49. The van der Waals surface area contributed by atoms with Crippen LogP contribution in [0.5, 0.6) is 0 Å². The van der Waals surface area contributed by atoms with E-state index in [1.807, 2.05) is 0 Å². The van der Waals surface area contributed by atoms with Gasteiger partial charge < -0.3 is 9.84 Å². The molecule has 1 N–H and O–H groups in total. The molecule has 0 spiro atoms. The number of hydrogen-bond acceptors (Lipinski definition) is 3. The number of ether oxygens (including phenoxy) is 1. The number of rotatable bonds is 26. The van der Waals surface area contributed by atoms with Crippen LogP contribution in [-0.4, -0.2) is 23.1 Å². The van der Waals surface area contributed by atoms with E-state index in [0.29, 0.717) is 6.42 Å². The highest BCUT2D eigenvalue weighted by molar-refractivity contribution is 5.69. The number of carbonyl (C=O) groups is 2. The average Bonchev–Trinajstić information content (AvgIpc) is 2.81. The lowest BCUT2D eigenvalue weighted by Gasteiger charge is -2.18. The van der Waals surface area contributed by atoms with Gasteiger partial charge in [0.15, 0.2) is 0 Å². The molecule has 1 atom stereocenters. The number of aliphatic carboxylic acids is 1. The fraction of sp³-hybridized carbons (Fsp3) is 0.867. The van der Waals surface area contributed by atoms with Gasteiger partial charge in [-0.25, -0.2) is 0 Å². The Bertz CT molecular complexity index is 486. The quantitative estimate of drug-likeness (QED) is 0.0760. The van der Waals surface area contributed by atoms with Crippen molar-refractivity contribution in [2.45, 2.75) is 168 Å². The molecule has 0 amide bonds. The van der Waals surface area contributed by atoms with Gasteiger partial charge in [0, 0.05) is 12.8 Å². The summed E-state index contributed by atoms with van der Waals surface area (Å²) < 4.78 is 5.86. The Morgan fingerprint density at radius 2 is 1.06 bits per heavy atom. The zero-order chi connectivity index (χ0) is 25.1. The zero-order valence-corrected chi connectivity index (χ0v) is 22.7. The minimum absolute atomic E-state index is 0.0283. The van der Waals surface area contributed by atoms with Crippen molar-refractivity contribution in [2.24, 2.45) is 0 Å². The van der Waals surface area contributed by atoms with Crippen molar-refractivity contribution in [3.05, 3.63) is 12.2 Å². The normalized spacial score (nSPS) is 12.3. The summed E-state index contributed by atoms with van der Waals surface area (Å²) in [5.74, 6) is -0.743. The topological polar surface area (TPSA) is 63.6 Å². The summed E-state index contributed by atoms with van der Waals surface area (Å²) in [5, 5.41) is 8.74. The van der Waals surface area contributed by atoms with Crippen molar-refractivity contribution < 1.29 is 19.4 Å². The molecule has 0 bridgehead atoms. The van der Waals surface area contributed by atoms with Gasteiger partial charge in [-0.3, -0.25) is 9.59 Å². The maximum atomic E-state index is 12.4. The van der Waals surface area contributed by atoms with Crippen LogP contribution in [0.3, 0.4) is 0 Å². The number of hydrogen-bond donors (Lipinski definition) is 1. The molecule has 0 saturated heterocycles. The van der Waals surface area contributed by atoms with E-state index in [2.05, 4.69) is 26.0 Å². The molecule has 1 unspecified atom stereocenters. The molecule has 0 heterocycles. The Labute approximate surface area is 211 Å². The molecule has 0 aromatic carbocycles. The lowest BCUT2D eigenvalue weighted by molar-refractivity contribution is -0.150. The molecule has 0 rings (SSSR count). The van der Waals surface area contributed by atoms with Crippen LogP contribution in [0.1, 0.15) is 162 Å². The summed E-state index contributed by atoms with van der Waals surface area (Å²) in [4.78, 5) is 23.0. The van der Waals surface area contributed by atoms with E-state index in [1.54, 1.807) is 0 Å². The first-order chi connectivity index (χ1) is 16.6. The summed E-state index contributed by atoms with van der Waals surface area (Å²) in [6.07, 6.45) is 29.3. The van der Waals surface area contributed by atoms with Crippen LogP contribution in [-0.2, 0) is 14.3 Å². The Kier molecular flexibility index (Phi) is 25.3. The summed E-state index contributed by atoms with van der Waals surface area (Å²) >= 11 is 0. The Balaban J connectivity index is 3.93. The standard InChI is InChI=1S/C30H56O4/c1-3-5-7-9-10-11-12-13-14-15-17-23-27-30(33)34-28(24-20-16-8-6-4-2)25-21-18-19-22-26-29(31)32/h10-11,28H,3-9,12-27H2,1-2H3,(H,31,32)/b11-10-. The summed E-state index contributed by atoms with van der Waals surface area (Å²) in [6, 6.07) is 0. The van der Waals surface area contributed by atoms with E-state index in [4.69, 9.17) is 9.84 Å². The maximum absolute atomic E-state index is 12.4. The van der Waals surface area contributed by atoms with Crippen molar-refractivity contribution in [2.75, 3.05) is 0 Å². The largest absolute Gasteiger partial charge is 0.481 e. The third-order valence-corrected chi connectivity index (χ3v) is 6.49. The number of carboxylic acids is 1. The predicted molar refractivity (Wildman–Crippen MR) is 144 cm³/mol. The first kappa shape index (κ1) is 32.7. The second kappa shape index (κ2) is 26.3. The van der Waals surface area contributed by atoms with Gasteiger partial charge in [-0.2, -0.15) is 0 Å². The first-order valence-electron chi connectivity index (χ1n) is 14.7. The number of unbranched alkanes of at least 4 members (excludes halogenated alkanes) is 15. The molecule has 34 heavy (non-hydrogen) atoms. The summed E-state index contributed by atoms with van der Waals surface area (Å²) in [6.45, 7) is 4.47. The lowest BCUT2D eigenvalue weighted by atomic mass is 10.0. The smallest absolute Gasteiger partial charge is 0.306 e. The van der Waals surface area contributed by atoms with Crippen LogP contribution >= 0.6 is 0 Å². The summed E-state index contributed by atoms with van der Waals surface area (Å²) in [5.41, 5.74) is 0. The first-order valence-corrected chi connectivity index (χ1v) is 14.7. The minimum Gasteiger partial charge on any atom is -0.481 e. The van der Waals surface area contributed by atoms with E-state index in [1.165, 1.54) is 77.0 Å². The van der Waals surface area contributed by atoms with Gasteiger partial charge in [-0.05, 0) is 64.2 Å². The van der Waals surface area contributed by atoms with Gasteiger partial charge in [0.05, 0.1) is 0 Å². The van der Waals surface area contributed by atoms with Gasteiger partial charge >= 0.3 is 11.9 Å². The van der Waals surface area contributed by atoms with Gasteiger partial charge in [0.2, 0.25) is 0 Å². The van der Waals surface area contributed by atoms with Crippen molar-refractivity contribution >= 4 is 11.9 Å². The molecule has 4 nitrogen and oxygen atoms in total. The van der Waals surface area contributed by atoms with E-state index in [0.717, 1.165) is 57.8 Å². The van der Waals surface area contributed by atoms with E-state index in [-0.39, 0.29) is 18.5 Å². The number of esters is 1. The molecule has 0 aliphatic rings. The average molecular weight is 481 g/mol. The number of carbonyl (C=O) groups excluding carboxylic acids is 1. The van der Waals surface area contributed by atoms with E-state index < -0.39 is 5.97 Å². The van der Waals surface area contributed by atoms with Crippen molar-refractivity contribution in [3.8, 4) is 0 Å². The van der Waals surface area contributed by atoms with Crippen LogP contribution in [0.15, 0.2) is 12.2 Å². The molecule has 4 heteroatoms. The molecular weight excluding hydrogens is 424 g/mol. The maximum Gasteiger partial charge on any atom is 0.306 e. The van der Waals surface area contributed by atoms with Crippen molar-refractivity contribution in [3.63, 3.8) is 0 Å². The zero-order valence-electron chi connectivity index (χ0n) is 22.7. The van der Waals surface area contributed by atoms with Crippen LogP contribution < -0.4 is 0 Å². The van der Waals surface area contributed by atoms with E-state index in [9.17, 15) is 9.59 Å². The van der Waals surface area contributed by atoms with Crippen LogP contribution in [0, 0.1) is 0 Å². The summed E-state index contributed by atoms with van der Waals surface area (Å²) in [7, 11) is 0. The van der Waals surface area contributed by atoms with Gasteiger partial charge in [0.25, 0.3) is 0 Å². The lowest BCUT2D eigenvalue weighted by Crippen LogP contribution is -2.18. The fourth-order valence-electron chi connectivity index (χ4n) is 4.29. The molecular formula is C30H56O4. The van der Waals surface area contributed by atoms with Crippen molar-refractivity contribution in [1.82, 2.24) is 0 Å². The van der Waals surface area contributed by atoms with Crippen molar-refractivity contribution in [1.29, 1.82) is 0 Å². The van der Waals surface area contributed by atoms with E-state index >= 15 is 0 Å². The second-order valence-electron chi connectivity index (χ2n) is 9.94. The Hall–Kier alpha value is -1.32. The molecule has 0 fully saturated rings. The molecule has 0 aromatic rings. The van der Waals surface area contributed by atoms with Gasteiger partial charge in [-0.15, -0.1) is 0 Å². The highest BCUT2D eigenvalue weighted by atomic mass is 16.5. The minimum atomic E-state index is -0.714. The molecule has 0 saturated carbocycles. The van der Waals surface area contributed by atoms with Crippen LogP contribution in [0.2, 0.25) is 0 Å². The molecule has 0 aliphatic carbocycles. The highest BCUT2D eigenvalue weighted by Gasteiger charge is 2.14. The number of carboxylic acid groups (broad SMARTS) is 1. The monoisotopic (exact) mass is 480 g/mol. The Morgan fingerprint density at radius 3 is 1.65 bits per heavy atom. The SMILES string of the molecule is CCCCC/C=C\CCCCCCCC(=O)OC(CCCCCCC)CCCCCCC(=O)O. The predicted octanol–water partition coefficient (Wildman–Crippen LogP) is 9.55. The number of allylic oxidation sites excluding steroid dienone is 2.